The summed E-state index contributed by atoms with van der Waals surface area (Å²) in [6.45, 7) is 1.93. The summed E-state index contributed by atoms with van der Waals surface area (Å²) in [6, 6.07) is 4.95. The van der Waals surface area contributed by atoms with E-state index in [1.807, 2.05) is 25.3 Å². The van der Waals surface area contributed by atoms with Gasteiger partial charge in [-0.15, -0.1) is 0 Å². The van der Waals surface area contributed by atoms with Gasteiger partial charge in [0.1, 0.15) is 0 Å². The molecule has 23 heavy (non-hydrogen) atoms. The Morgan fingerprint density at radius 2 is 2.04 bits per heavy atom. The minimum Gasteiger partial charge on any atom is -0.366 e. The number of benzene rings is 1. The molecule has 1 aliphatic carbocycles. The number of carbonyl (C=O) groups excluding carboxylic acids is 2. The van der Waals surface area contributed by atoms with E-state index in [0.717, 1.165) is 18.4 Å². The van der Waals surface area contributed by atoms with E-state index < -0.39 is 5.91 Å². The summed E-state index contributed by atoms with van der Waals surface area (Å²) in [5.41, 5.74) is 7.92. The lowest BCUT2D eigenvalue weighted by Crippen LogP contribution is -2.22. The molecule has 6 nitrogen and oxygen atoms in total. The number of anilines is 1. The quantitative estimate of drug-likeness (QED) is 0.848. The molecule has 0 spiro atoms. The monoisotopic (exact) mass is 310 g/mol. The first-order valence-electron chi connectivity index (χ1n) is 7.46. The molecule has 118 valence electrons. The first-order valence-corrected chi connectivity index (χ1v) is 7.46. The number of carbonyl (C=O) groups is 2. The highest BCUT2D eigenvalue weighted by Crippen LogP contribution is 2.25. The van der Waals surface area contributed by atoms with Crippen molar-refractivity contribution in [2.75, 3.05) is 5.32 Å². The third kappa shape index (κ3) is 3.15. The maximum atomic E-state index is 12.4. The van der Waals surface area contributed by atoms with Crippen LogP contribution in [0.5, 0.6) is 0 Å². The van der Waals surface area contributed by atoms with Gasteiger partial charge in [-0.1, -0.05) is 12.2 Å². The van der Waals surface area contributed by atoms with Crippen molar-refractivity contribution in [3.63, 3.8) is 0 Å². The highest BCUT2D eigenvalue weighted by Gasteiger charge is 2.21. The number of hydrogen-bond acceptors (Lipinski definition) is 3. The van der Waals surface area contributed by atoms with E-state index in [-0.39, 0.29) is 11.8 Å². The lowest BCUT2D eigenvalue weighted by molar-refractivity contribution is -0.119. The number of nitrogens with zero attached hydrogens (tertiary/aromatic N) is 2. The van der Waals surface area contributed by atoms with Crippen molar-refractivity contribution in [2.45, 2.75) is 19.8 Å². The second-order valence-corrected chi connectivity index (χ2v) is 5.69. The standard InChI is InChI=1S/C17H18N4O2/c1-11-9-19-21(10-11)15-7-6-13(16(18)22)8-14(15)20-17(23)12-4-2-3-5-12/h2-3,6-10,12H,4-5H2,1H3,(H2,18,22)(H,20,23). The van der Waals surface area contributed by atoms with Crippen molar-refractivity contribution in [2.24, 2.45) is 11.7 Å². The third-order valence-corrected chi connectivity index (χ3v) is 3.88. The molecule has 0 aliphatic heterocycles. The SMILES string of the molecule is Cc1cnn(-c2ccc(C(N)=O)cc2NC(=O)C2CC=CC2)c1. The zero-order valence-corrected chi connectivity index (χ0v) is 12.8. The van der Waals surface area contributed by atoms with E-state index in [4.69, 9.17) is 5.73 Å². The topological polar surface area (TPSA) is 90.0 Å². The van der Waals surface area contributed by atoms with Crippen molar-refractivity contribution >= 4 is 17.5 Å². The van der Waals surface area contributed by atoms with Crippen LogP contribution >= 0.6 is 0 Å². The number of nitrogens with one attached hydrogen (secondary N) is 1. The van der Waals surface area contributed by atoms with Gasteiger partial charge in [-0.3, -0.25) is 9.59 Å². The van der Waals surface area contributed by atoms with Gasteiger partial charge in [0.2, 0.25) is 11.8 Å². The molecule has 3 N–H and O–H groups in total. The molecule has 0 fully saturated rings. The molecule has 0 unspecified atom stereocenters. The van der Waals surface area contributed by atoms with E-state index in [0.29, 0.717) is 16.9 Å². The van der Waals surface area contributed by atoms with Gasteiger partial charge in [-0.2, -0.15) is 5.10 Å². The number of aromatic nitrogens is 2. The molecule has 0 bridgehead atoms. The van der Waals surface area contributed by atoms with E-state index in [1.54, 1.807) is 29.1 Å². The first-order chi connectivity index (χ1) is 11.0. The van der Waals surface area contributed by atoms with Crippen LogP contribution < -0.4 is 11.1 Å². The van der Waals surface area contributed by atoms with E-state index in [1.165, 1.54) is 0 Å². The van der Waals surface area contributed by atoms with Crippen LogP contribution in [0.3, 0.4) is 0 Å². The summed E-state index contributed by atoms with van der Waals surface area (Å²) < 4.78 is 1.67. The molecule has 6 heteroatoms. The summed E-state index contributed by atoms with van der Waals surface area (Å²) in [4.78, 5) is 23.8. The second-order valence-electron chi connectivity index (χ2n) is 5.69. The van der Waals surface area contributed by atoms with Gasteiger partial charge >= 0.3 is 0 Å². The highest BCUT2D eigenvalue weighted by molar-refractivity contribution is 5.98. The summed E-state index contributed by atoms with van der Waals surface area (Å²) in [7, 11) is 0. The molecular weight excluding hydrogens is 292 g/mol. The van der Waals surface area contributed by atoms with Gasteiger partial charge in [0.05, 0.1) is 17.6 Å². The Hall–Kier alpha value is -2.89. The van der Waals surface area contributed by atoms with Crippen molar-refractivity contribution < 1.29 is 9.59 Å². The third-order valence-electron chi connectivity index (χ3n) is 3.88. The number of nitrogens with two attached hydrogens (primary N) is 1. The fourth-order valence-electron chi connectivity index (χ4n) is 2.60. The van der Waals surface area contributed by atoms with Crippen LogP contribution in [0.2, 0.25) is 0 Å². The van der Waals surface area contributed by atoms with Crippen molar-refractivity contribution in [1.29, 1.82) is 0 Å². The number of hydrogen-bond donors (Lipinski definition) is 2. The summed E-state index contributed by atoms with van der Waals surface area (Å²) in [5.74, 6) is -0.674. The Balaban J connectivity index is 1.95. The molecule has 1 aromatic heterocycles. The van der Waals surface area contributed by atoms with E-state index >= 15 is 0 Å². The molecule has 0 atom stereocenters. The number of amides is 2. The molecule has 0 radical (unpaired) electrons. The van der Waals surface area contributed by atoms with Gasteiger partial charge in [0, 0.05) is 17.7 Å². The molecule has 2 aromatic rings. The van der Waals surface area contributed by atoms with Crippen LogP contribution in [0.15, 0.2) is 42.7 Å². The maximum absolute atomic E-state index is 12.4. The average Bonchev–Trinajstić information content (AvgIpc) is 3.18. The van der Waals surface area contributed by atoms with Crippen LogP contribution in [-0.2, 0) is 4.79 Å². The van der Waals surface area contributed by atoms with Gasteiger partial charge in [-0.05, 0) is 43.5 Å². The molecule has 1 aromatic carbocycles. The summed E-state index contributed by atoms with van der Waals surface area (Å²) in [5, 5.41) is 7.17. The summed E-state index contributed by atoms with van der Waals surface area (Å²) >= 11 is 0. The lowest BCUT2D eigenvalue weighted by Gasteiger charge is -2.15. The molecule has 0 saturated carbocycles. The van der Waals surface area contributed by atoms with Crippen LogP contribution in [0, 0.1) is 12.8 Å². The Morgan fingerprint density at radius 3 is 2.65 bits per heavy atom. The second kappa shape index (κ2) is 6.08. The summed E-state index contributed by atoms with van der Waals surface area (Å²) in [6.07, 6.45) is 9.05. The molecule has 1 aliphatic rings. The van der Waals surface area contributed by atoms with Gasteiger partial charge in [-0.25, -0.2) is 4.68 Å². The number of allylic oxidation sites excluding steroid dienone is 2. The Morgan fingerprint density at radius 1 is 1.30 bits per heavy atom. The lowest BCUT2D eigenvalue weighted by atomic mass is 10.1. The van der Waals surface area contributed by atoms with Crippen molar-refractivity contribution in [3.05, 3.63) is 53.9 Å². The predicted molar refractivity (Wildman–Crippen MR) is 87.3 cm³/mol. The van der Waals surface area contributed by atoms with E-state index in [2.05, 4.69) is 10.4 Å². The minimum atomic E-state index is -0.536. The Kier molecular flexibility index (Phi) is 3.97. The predicted octanol–water partition coefficient (Wildman–Crippen LogP) is 2.18. The minimum absolute atomic E-state index is 0.0678. The zero-order valence-electron chi connectivity index (χ0n) is 12.8. The largest absolute Gasteiger partial charge is 0.366 e. The van der Waals surface area contributed by atoms with Crippen molar-refractivity contribution in [3.8, 4) is 5.69 Å². The molecule has 1 heterocycles. The highest BCUT2D eigenvalue weighted by atomic mass is 16.2. The smallest absolute Gasteiger partial charge is 0.248 e. The molecule has 0 saturated heterocycles. The van der Waals surface area contributed by atoms with Crippen LogP contribution in [0.4, 0.5) is 5.69 Å². The first kappa shape index (κ1) is 15.0. The van der Waals surface area contributed by atoms with Crippen LogP contribution in [-0.4, -0.2) is 21.6 Å². The Labute approximate surface area is 134 Å². The van der Waals surface area contributed by atoms with Gasteiger partial charge in [0.25, 0.3) is 0 Å². The number of aryl methyl sites for hydroxylation is 1. The zero-order chi connectivity index (χ0) is 16.4. The van der Waals surface area contributed by atoms with Crippen molar-refractivity contribution in [1.82, 2.24) is 9.78 Å². The normalized spacial score (nSPS) is 14.1. The van der Waals surface area contributed by atoms with Gasteiger partial charge in [0.15, 0.2) is 0 Å². The fourth-order valence-corrected chi connectivity index (χ4v) is 2.60. The van der Waals surface area contributed by atoms with Crippen LogP contribution in [0.25, 0.3) is 5.69 Å². The number of rotatable bonds is 4. The molecule has 3 rings (SSSR count). The van der Waals surface area contributed by atoms with Gasteiger partial charge < -0.3 is 11.1 Å². The Bertz CT molecular complexity index is 784. The molecular formula is C17H18N4O2. The van der Waals surface area contributed by atoms with E-state index in [9.17, 15) is 9.59 Å². The average molecular weight is 310 g/mol. The maximum Gasteiger partial charge on any atom is 0.248 e. The molecule has 2 amide bonds. The van der Waals surface area contributed by atoms with Crippen LogP contribution in [0.1, 0.15) is 28.8 Å². The fraction of sp³-hybridized carbons (Fsp3) is 0.235. The number of primary amides is 1.